The Kier molecular flexibility index (Phi) is 5.79. The maximum absolute atomic E-state index is 12.4. The first-order valence-corrected chi connectivity index (χ1v) is 8.74. The van der Waals surface area contributed by atoms with Crippen LogP contribution in [-0.2, 0) is 9.47 Å². The molecule has 0 saturated carbocycles. The Hall–Kier alpha value is -2.24. The molecule has 1 aromatic heterocycles. The Morgan fingerprint density at radius 2 is 1.92 bits per heavy atom. The van der Waals surface area contributed by atoms with Crippen LogP contribution >= 0.6 is 0 Å². The smallest absolute Gasteiger partial charge is 0.255 e. The first-order valence-electron chi connectivity index (χ1n) is 8.74. The third kappa shape index (κ3) is 4.24. The molecule has 1 atom stereocenters. The van der Waals surface area contributed by atoms with Crippen molar-refractivity contribution >= 4 is 5.91 Å². The molecular formula is C20H24N2O3. The lowest BCUT2D eigenvalue weighted by molar-refractivity contribution is 0.0302. The van der Waals surface area contributed by atoms with E-state index >= 15 is 0 Å². The number of carbonyl (C=O) groups excluding carboxylic acids is 1. The Morgan fingerprint density at radius 3 is 2.52 bits per heavy atom. The van der Waals surface area contributed by atoms with Gasteiger partial charge in [-0.3, -0.25) is 9.78 Å². The summed E-state index contributed by atoms with van der Waals surface area (Å²) in [4.78, 5) is 18.7. The Bertz CT molecular complexity index is 692. The van der Waals surface area contributed by atoms with Gasteiger partial charge in [0.05, 0.1) is 30.6 Å². The number of amides is 1. The lowest BCUT2D eigenvalue weighted by atomic mass is 10.1. The molecule has 5 nitrogen and oxygen atoms in total. The maximum atomic E-state index is 12.4. The van der Waals surface area contributed by atoms with Crippen LogP contribution in [0, 0.1) is 0 Å². The fraction of sp³-hybridized carbons (Fsp3) is 0.400. The van der Waals surface area contributed by atoms with Crippen molar-refractivity contribution in [1.82, 2.24) is 9.88 Å². The molecule has 0 N–H and O–H groups in total. The summed E-state index contributed by atoms with van der Waals surface area (Å²) in [7, 11) is 0. The molecule has 1 aliphatic heterocycles. The highest BCUT2D eigenvalue weighted by Gasteiger charge is 2.18. The molecule has 0 radical (unpaired) electrons. The van der Waals surface area contributed by atoms with Crippen LogP contribution in [0.3, 0.4) is 0 Å². The second kappa shape index (κ2) is 8.23. The minimum atomic E-state index is 0.0169. The van der Waals surface area contributed by atoms with Gasteiger partial charge in [0.15, 0.2) is 0 Å². The van der Waals surface area contributed by atoms with Crippen molar-refractivity contribution in [3.63, 3.8) is 0 Å². The second-order valence-corrected chi connectivity index (χ2v) is 6.06. The summed E-state index contributed by atoms with van der Waals surface area (Å²) in [6.45, 7) is 7.22. The quantitative estimate of drug-likeness (QED) is 0.838. The average Bonchev–Trinajstić information content (AvgIpc) is 2.68. The monoisotopic (exact) mass is 340 g/mol. The Labute approximate surface area is 148 Å². The summed E-state index contributed by atoms with van der Waals surface area (Å²) >= 11 is 0. The molecule has 3 rings (SSSR count). The van der Waals surface area contributed by atoms with Gasteiger partial charge in [-0.2, -0.15) is 0 Å². The van der Waals surface area contributed by atoms with Gasteiger partial charge in [0.1, 0.15) is 0 Å². The number of pyridine rings is 1. The minimum absolute atomic E-state index is 0.0169. The molecule has 0 bridgehead atoms. The summed E-state index contributed by atoms with van der Waals surface area (Å²) in [5, 5.41) is 0. The predicted molar refractivity (Wildman–Crippen MR) is 96.4 cm³/mol. The van der Waals surface area contributed by atoms with Crippen LogP contribution in [0.2, 0.25) is 0 Å². The molecular weight excluding hydrogens is 316 g/mol. The SMILES string of the molecule is CCO[C@@H](C)c1ccc(-c2ccc(C(=O)N3CCOCC3)cn2)cc1. The average molecular weight is 340 g/mol. The van der Waals surface area contributed by atoms with Crippen molar-refractivity contribution in [3.8, 4) is 11.3 Å². The zero-order chi connectivity index (χ0) is 17.6. The van der Waals surface area contributed by atoms with Crippen molar-refractivity contribution in [2.45, 2.75) is 20.0 Å². The zero-order valence-corrected chi connectivity index (χ0v) is 14.8. The number of hydrogen-bond donors (Lipinski definition) is 0. The Morgan fingerprint density at radius 1 is 1.20 bits per heavy atom. The second-order valence-electron chi connectivity index (χ2n) is 6.06. The maximum Gasteiger partial charge on any atom is 0.255 e. The largest absolute Gasteiger partial charge is 0.378 e. The Balaban J connectivity index is 1.70. The van der Waals surface area contributed by atoms with Crippen LogP contribution < -0.4 is 0 Å². The van der Waals surface area contributed by atoms with Gasteiger partial charge < -0.3 is 14.4 Å². The highest BCUT2D eigenvalue weighted by atomic mass is 16.5. The third-order valence-electron chi connectivity index (χ3n) is 4.40. The van der Waals surface area contributed by atoms with E-state index in [1.807, 2.05) is 43.0 Å². The van der Waals surface area contributed by atoms with Crippen LogP contribution in [0.4, 0.5) is 0 Å². The molecule has 5 heteroatoms. The molecule has 0 unspecified atom stereocenters. The van der Waals surface area contributed by atoms with Crippen LogP contribution in [0.25, 0.3) is 11.3 Å². The summed E-state index contributed by atoms with van der Waals surface area (Å²) in [5.41, 5.74) is 3.64. The van der Waals surface area contributed by atoms with Gasteiger partial charge in [0.2, 0.25) is 0 Å². The van der Waals surface area contributed by atoms with Gasteiger partial charge in [-0.15, -0.1) is 0 Å². The van der Waals surface area contributed by atoms with Gasteiger partial charge in [-0.25, -0.2) is 0 Å². The normalized spacial score (nSPS) is 15.8. The fourth-order valence-corrected chi connectivity index (χ4v) is 2.91. The van der Waals surface area contributed by atoms with E-state index in [1.54, 1.807) is 6.20 Å². The van der Waals surface area contributed by atoms with Crippen LogP contribution in [0.5, 0.6) is 0 Å². The van der Waals surface area contributed by atoms with Gasteiger partial charge >= 0.3 is 0 Å². The van der Waals surface area contributed by atoms with Crippen molar-refractivity contribution in [2.75, 3.05) is 32.9 Å². The van der Waals surface area contributed by atoms with E-state index in [0.717, 1.165) is 16.8 Å². The van der Waals surface area contributed by atoms with E-state index in [1.165, 1.54) is 0 Å². The molecule has 1 fully saturated rings. The minimum Gasteiger partial charge on any atom is -0.378 e. The van der Waals surface area contributed by atoms with E-state index in [2.05, 4.69) is 17.1 Å². The number of rotatable bonds is 5. The molecule has 2 aromatic rings. The first-order chi connectivity index (χ1) is 12.2. The number of ether oxygens (including phenoxy) is 2. The highest BCUT2D eigenvalue weighted by molar-refractivity contribution is 5.94. The molecule has 0 spiro atoms. The number of hydrogen-bond acceptors (Lipinski definition) is 4. The number of aromatic nitrogens is 1. The van der Waals surface area contributed by atoms with Gasteiger partial charge in [0.25, 0.3) is 5.91 Å². The standard InChI is InChI=1S/C20H24N2O3/c1-3-25-15(2)16-4-6-17(7-5-16)19-9-8-18(14-21-19)20(23)22-10-12-24-13-11-22/h4-9,14-15H,3,10-13H2,1-2H3/t15-/m0/s1. The van der Waals surface area contributed by atoms with Crippen LogP contribution in [0.15, 0.2) is 42.6 Å². The number of carbonyl (C=O) groups is 1. The molecule has 1 aromatic carbocycles. The molecule has 1 saturated heterocycles. The summed E-state index contributed by atoms with van der Waals surface area (Å²) in [6, 6.07) is 11.9. The van der Waals surface area contributed by atoms with E-state index in [4.69, 9.17) is 9.47 Å². The summed E-state index contributed by atoms with van der Waals surface area (Å²) in [5.74, 6) is 0.0169. The van der Waals surface area contributed by atoms with E-state index in [0.29, 0.717) is 38.5 Å². The van der Waals surface area contributed by atoms with Crippen molar-refractivity contribution in [2.24, 2.45) is 0 Å². The molecule has 2 heterocycles. The van der Waals surface area contributed by atoms with E-state index in [-0.39, 0.29) is 12.0 Å². The van der Waals surface area contributed by atoms with Gasteiger partial charge in [-0.05, 0) is 31.5 Å². The topological polar surface area (TPSA) is 51.7 Å². The molecule has 1 amide bonds. The summed E-state index contributed by atoms with van der Waals surface area (Å²) in [6.07, 6.45) is 1.74. The lowest BCUT2D eigenvalue weighted by Gasteiger charge is -2.26. The predicted octanol–water partition coefficient (Wildman–Crippen LogP) is 3.32. The van der Waals surface area contributed by atoms with E-state index in [9.17, 15) is 4.79 Å². The van der Waals surface area contributed by atoms with Crippen LogP contribution in [0.1, 0.15) is 35.9 Å². The zero-order valence-electron chi connectivity index (χ0n) is 14.8. The number of morpholine rings is 1. The highest BCUT2D eigenvalue weighted by Crippen LogP contribution is 2.22. The van der Waals surface area contributed by atoms with E-state index < -0.39 is 0 Å². The number of nitrogens with zero attached hydrogens (tertiary/aromatic N) is 2. The van der Waals surface area contributed by atoms with Crippen molar-refractivity contribution < 1.29 is 14.3 Å². The number of benzene rings is 1. The van der Waals surface area contributed by atoms with Gasteiger partial charge in [0, 0.05) is 31.5 Å². The molecule has 0 aliphatic carbocycles. The third-order valence-corrected chi connectivity index (χ3v) is 4.40. The lowest BCUT2D eigenvalue weighted by Crippen LogP contribution is -2.40. The summed E-state index contributed by atoms with van der Waals surface area (Å²) < 4.78 is 10.9. The molecule has 1 aliphatic rings. The van der Waals surface area contributed by atoms with Crippen LogP contribution in [-0.4, -0.2) is 48.7 Å². The van der Waals surface area contributed by atoms with Gasteiger partial charge in [-0.1, -0.05) is 24.3 Å². The van der Waals surface area contributed by atoms with Crippen molar-refractivity contribution in [1.29, 1.82) is 0 Å². The fourth-order valence-electron chi connectivity index (χ4n) is 2.91. The molecule has 132 valence electrons. The molecule has 25 heavy (non-hydrogen) atoms. The van der Waals surface area contributed by atoms with Crippen molar-refractivity contribution in [3.05, 3.63) is 53.7 Å². The first kappa shape index (κ1) is 17.6.